The molecule has 2 heterocycles. The molecule has 1 atom stereocenters. The minimum absolute atomic E-state index is 0.0576. The van der Waals surface area contributed by atoms with Gasteiger partial charge < -0.3 is 4.90 Å². The molecular formula is C20H15F4IN4O. The van der Waals surface area contributed by atoms with Crippen LogP contribution in [0.25, 0.3) is 11.3 Å². The van der Waals surface area contributed by atoms with Crippen molar-refractivity contribution >= 4 is 34.2 Å². The molecule has 0 fully saturated rings. The number of nitrogens with zero attached hydrogens (tertiary/aromatic N) is 4. The third kappa shape index (κ3) is 4.18. The van der Waals surface area contributed by atoms with Gasteiger partial charge in [-0.25, -0.2) is 9.07 Å². The maximum Gasteiger partial charge on any atom is 0.406 e. The van der Waals surface area contributed by atoms with Crippen LogP contribution in [-0.2, 0) is 11.2 Å². The molecule has 30 heavy (non-hydrogen) atoms. The van der Waals surface area contributed by atoms with Crippen LogP contribution in [-0.4, -0.2) is 33.6 Å². The Hall–Kier alpha value is -2.50. The number of hydrogen-bond acceptors (Lipinski definition) is 3. The van der Waals surface area contributed by atoms with Gasteiger partial charge in [0.1, 0.15) is 24.1 Å². The van der Waals surface area contributed by atoms with E-state index in [9.17, 15) is 22.4 Å². The van der Waals surface area contributed by atoms with E-state index in [1.807, 2.05) is 24.3 Å². The molecule has 3 aromatic rings. The Morgan fingerprint density at radius 3 is 2.57 bits per heavy atom. The molecule has 5 nitrogen and oxygen atoms in total. The Morgan fingerprint density at radius 1 is 1.13 bits per heavy atom. The van der Waals surface area contributed by atoms with E-state index >= 15 is 0 Å². The lowest BCUT2D eigenvalue weighted by Crippen LogP contribution is -2.42. The van der Waals surface area contributed by atoms with Gasteiger partial charge in [-0.2, -0.15) is 13.2 Å². The van der Waals surface area contributed by atoms with Crippen LogP contribution >= 0.6 is 22.6 Å². The number of halogens is 5. The van der Waals surface area contributed by atoms with E-state index < -0.39 is 30.5 Å². The van der Waals surface area contributed by atoms with E-state index in [0.717, 1.165) is 9.13 Å². The predicted molar refractivity (Wildman–Crippen MR) is 110 cm³/mol. The maximum absolute atomic E-state index is 14.3. The number of aromatic nitrogens is 3. The van der Waals surface area contributed by atoms with Crippen molar-refractivity contribution in [3.05, 3.63) is 63.6 Å². The summed E-state index contributed by atoms with van der Waals surface area (Å²) in [5.74, 6) is -1.43. The van der Waals surface area contributed by atoms with Crippen LogP contribution in [0.5, 0.6) is 0 Å². The largest absolute Gasteiger partial charge is 0.406 e. The van der Waals surface area contributed by atoms with E-state index in [0.29, 0.717) is 10.6 Å². The topological polar surface area (TPSA) is 51.0 Å². The lowest BCUT2D eigenvalue weighted by atomic mass is 10.1. The highest BCUT2D eigenvalue weighted by Crippen LogP contribution is 2.35. The molecule has 1 aliphatic heterocycles. The quantitative estimate of drug-likeness (QED) is 0.362. The number of amides is 1. The van der Waals surface area contributed by atoms with Crippen LogP contribution in [0.15, 0.2) is 48.7 Å². The number of carbonyl (C=O) groups excluding carboxylic acids is 1. The fraction of sp³-hybridized carbons (Fsp3) is 0.250. The minimum Gasteiger partial charge on any atom is -0.301 e. The second-order valence-corrected chi connectivity index (χ2v) is 8.17. The Morgan fingerprint density at radius 2 is 1.87 bits per heavy atom. The van der Waals surface area contributed by atoms with Crippen LogP contribution < -0.4 is 4.90 Å². The van der Waals surface area contributed by atoms with E-state index in [1.54, 1.807) is 0 Å². The number of benzene rings is 2. The molecule has 2 aromatic carbocycles. The molecule has 1 amide bonds. The molecule has 0 saturated heterocycles. The zero-order chi connectivity index (χ0) is 21.5. The number of rotatable bonds is 3. The number of hydrogen-bond donors (Lipinski definition) is 0. The summed E-state index contributed by atoms with van der Waals surface area (Å²) in [7, 11) is 0. The summed E-state index contributed by atoms with van der Waals surface area (Å²) in [4.78, 5) is 13.7. The van der Waals surface area contributed by atoms with E-state index in [2.05, 4.69) is 32.9 Å². The zero-order valence-electron chi connectivity index (χ0n) is 15.4. The zero-order valence-corrected chi connectivity index (χ0v) is 17.6. The van der Waals surface area contributed by atoms with Crippen molar-refractivity contribution in [3.63, 3.8) is 0 Å². The summed E-state index contributed by atoms with van der Waals surface area (Å²) in [6.07, 6.45) is -2.90. The van der Waals surface area contributed by atoms with Gasteiger partial charge in [0.15, 0.2) is 0 Å². The molecule has 4 rings (SSSR count). The van der Waals surface area contributed by atoms with Crippen molar-refractivity contribution < 1.29 is 22.4 Å². The molecule has 1 aliphatic rings. The van der Waals surface area contributed by atoms with Crippen molar-refractivity contribution in [1.29, 1.82) is 0 Å². The minimum atomic E-state index is -4.64. The van der Waals surface area contributed by atoms with Gasteiger partial charge in [-0.05, 0) is 59.7 Å². The molecular weight excluding hydrogens is 515 g/mol. The Balaban J connectivity index is 1.71. The van der Waals surface area contributed by atoms with E-state index in [1.165, 1.54) is 29.1 Å². The lowest BCUT2D eigenvalue weighted by Gasteiger charge is -2.26. The van der Waals surface area contributed by atoms with Gasteiger partial charge in [0.2, 0.25) is 0 Å². The van der Waals surface area contributed by atoms with Crippen LogP contribution in [0, 0.1) is 9.39 Å². The molecule has 0 radical (unpaired) electrons. The van der Waals surface area contributed by atoms with Crippen LogP contribution in [0.1, 0.15) is 18.0 Å². The van der Waals surface area contributed by atoms with Crippen LogP contribution in [0.3, 0.4) is 0 Å². The number of carbonyl (C=O) groups is 1. The summed E-state index contributed by atoms with van der Waals surface area (Å²) in [5.41, 5.74) is 1.30. The first-order valence-corrected chi connectivity index (χ1v) is 10.1. The SMILES string of the molecule is O=C1C(n2cc(-c3ccc(I)cc3)nn2)CCc2c(F)cccc2N1CC(F)(F)F. The van der Waals surface area contributed by atoms with Gasteiger partial charge in [0.25, 0.3) is 5.91 Å². The third-order valence-electron chi connectivity index (χ3n) is 4.91. The predicted octanol–water partition coefficient (Wildman–Crippen LogP) is 4.77. The maximum atomic E-state index is 14.3. The second-order valence-electron chi connectivity index (χ2n) is 6.92. The molecule has 0 bridgehead atoms. The summed E-state index contributed by atoms with van der Waals surface area (Å²) in [5, 5.41) is 8.06. The van der Waals surface area contributed by atoms with Crippen molar-refractivity contribution in [1.82, 2.24) is 15.0 Å². The third-order valence-corrected chi connectivity index (χ3v) is 5.63. The molecule has 0 saturated carbocycles. The van der Waals surface area contributed by atoms with Gasteiger partial charge in [-0.1, -0.05) is 23.4 Å². The number of fused-ring (bicyclic) bond motifs is 1. The molecule has 0 N–H and O–H groups in total. The van der Waals surface area contributed by atoms with Crippen molar-refractivity contribution in [3.8, 4) is 11.3 Å². The normalized spacial score (nSPS) is 17.0. The molecule has 10 heteroatoms. The van der Waals surface area contributed by atoms with Gasteiger partial charge >= 0.3 is 6.18 Å². The fourth-order valence-corrected chi connectivity index (χ4v) is 3.88. The van der Waals surface area contributed by atoms with Gasteiger partial charge in [-0.15, -0.1) is 5.10 Å². The van der Waals surface area contributed by atoms with Crippen molar-refractivity contribution in [2.45, 2.75) is 25.1 Å². The smallest absolute Gasteiger partial charge is 0.301 e. The Labute approximate surface area is 182 Å². The Bertz CT molecular complexity index is 1080. The van der Waals surface area contributed by atoms with Crippen LogP contribution in [0.2, 0.25) is 0 Å². The highest BCUT2D eigenvalue weighted by Gasteiger charge is 2.40. The standard InChI is InChI=1S/C20H15F4IN4O/c21-15-2-1-3-17-14(15)8-9-18(19(30)28(17)11-20(22,23)24)29-10-16(26-27-29)12-4-6-13(25)7-5-12/h1-7,10,18H,8-9,11H2. The lowest BCUT2D eigenvalue weighted by molar-refractivity contribution is -0.134. The van der Waals surface area contributed by atoms with Crippen LogP contribution in [0.4, 0.5) is 23.2 Å². The average molecular weight is 530 g/mol. The van der Waals surface area contributed by atoms with Gasteiger partial charge in [0, 0.05) is 14.7 Å². The molecule has 1 unspecified atom stereocenters. The van der Waals surface area contributed by atoms with Crippen molar-refractivity contribution in [2.75, 3.05) is 11.4 Å². The summed E-state index contributed by atoms with van der Waals surface area (Å²) < 4.78 is 56.2. The highest BCUT2D eigenvalue weighted by atomic mass is 127. The first kappa shape index (κ1) is 20.8. The Kier molecular flexibility index (Phi) is 5.51. The number of alkyl halides is 3. The van der Waals surface area contributed by atoms with E-state index in [-0.39, 0.29) is 24.1 Å². The van der Waals surface area contributed by atoms with Gasteiger partial charge in [0.05, 0.1) is 11.9 Å². The average Bonchev–Trinajstić information content (AvgIpc) is 3.12. The fourth-order valence-electron chi connectivity index (χ4n) is 3.52. The van der Waals surface area contributed by atoms with Crippen molar-refractivity contribution in [2.24, 2.45) is 0 Å². The summed E-state index contributed by atoms with van der Waals surface area (Å²) in [6, 6.07) is 10.2. The monoisotopic (exact) mass is 530 g/mol. The first-order chi connectivity index (χ1) is 14.2. The second kappa shape index (κ2) is 7.97. The number of anilines is 1. The van der Waals surface area contributed by atoms with E-state index in [4.69, 9.17) is 0 Å². The molecule has 1 aromatic heterocycles. The highest BCUT2D eigenvalue weighted by molar-refractivity contribution is 14.1. The summed E-state index contributed by atoms with van der Waals surface area (Å²) >= 11 is 2.16. The first-order valence-electron chi connectivity index (χ1n) is 9.06. The molecule has 0 aliphatic carbocycles. The van der Waals surface area contributed by atoms with Gasteiger partial charge in [-0.3, -0.25) is 4.79 Å². The molecule has 156 valence electrons. The molecule has 0 spiro atoms. The summed E-state index contributed by atoms with van der Waals surface area (Å²) in [6.45, 7) is -1.50.